The minimum atomic E-state index is 0.786. The Hall–Kier alpha value is -1.10. The number of nitrogens with zero attached hydrogens (tertiary/aromatic N) is 1. The molecule has 0 aromatic heterocycles. The Kier molecular flexibility index (Phi) is 6.84. The molecule has 1 aliphatic heterocycles. The van der Waals surface area contributed by atoms with Gasteiger partial charge < -0.3 is 14.8 Å². The maximum atomic E-state index is 5.65. The molecule has 0 bridgehead atoms. The first-order valence-corrected chi connectivity index (χ1v) is 7.61. The van der Waals surface area contributed by atoms with Crippen LogP contribution in [0.15, 0.2) is 24.3 Å². The van der Waals surface area contributed by atoms with Gasteiger partial charge in [-0.1, -0.05) is 19.1 Å². The van der Waals surface area contributed by atoms with E-state index in [1.807, 2.05) is 6.07 Å². The molecular formula is C16H26N2O2. The largest absolute Gasteiger partial charge is 0.494 e. The molecule has 1 aromatic rings. The highest BCUT2D eigenvalue weighted by Gasteiger charge is 2.08. The highest BCUT2D eigenvalue weighted by atomic mass is 16.5. The number of hydrogen-bond acceptors (Lipinski definition) is 4. The lowest BCUT2D eigenvalue weighted by molar-refractivity contribution is 0.0384. The molecule has 4 heteroatoms. The molecule has 0 aliphatic carbocycles. The molecule has 1 fully saturated rings. The smallest absolute Gasteiger partial charge is 0.119 e. The van der Waals surface area contributed by atoms with Gasteiger partial charge in [0.2, 0.25) is 0 Å². The van der Waals surface area contributed by atoms with Gasteiger partial charge >= 0.3 is 0 Å². The van der Waals surface area contributed by atoms with Gasteiger partial charge in [-0.25, -0.2) is 0 Å². The molecule has 1 saturated heterocycles. The Morgan fingerprint density at radius 1 is 1.30 bits per heavy atom. The summed E-state index contributed by atoms with van der Waals surface area (Å²) < 4.78 is 11.0. The lowest BCUT2D eigenvalue weighted by Crippen LogP contribution is -2.40. The van der Waals surface area contributed by atoms with Gasteiger partial charge in [0, 0.05) is 32.7 Å². The Morgan fingerprint density at radius 2 is 2.15 bits per heavy atom. The maximum Gasteiger partial charge on any atom is 0.119 e. The molecule has 112 valence electrons. The minimum absolute atomic E-state index is 0.786. The van der Waals surface area contributed by atoms with Gasteiger partial charge in [0.05, 0.1) is 19.8 Å². The quantitative estimate of drug-likeness (QED) is 0.736. The van der Waals surface area contributed by atoms with Gasteiger partial charge in [0.1, 0.15) is 5.75 Å². The van der Waals surface area contributed by atoms with Crippen molar-refractivity contribution in [2.24, 2.45) is 0 Å². The van der Waals surface area contributed by atoms with Crippen molar-refractivity contribution in [3.8, 4) is 5.75 Å². The van der Waals surface area contributed by atoms with Gasteiger partial charge in [-0.3, -0.25) is 4.90 Å². The number of ether oxygens (including phenoxy) is 2. The summed E-state index contributed by atoms with van der Waals surface area (Å²) in [4.78, 5) is 2.44. The Morgan fingerprint density at radius 3 is 2.95 bits per heavy atom. The van der Waals surface area contributed by atoms with E-state index in [1.165, 1.54) is 5.56 Å². The Bertz CT molecular complexity index is 378. The zero-order chi connectivity index (χ0) is 14.0. The molecule has 20 heavy (non-hydrogen) atoms. The monoisotopic (exact) mass is 278 g/mol. The van der Waals surface area contributed by atoms with Crippen LogP contribution in [-0.2, 0) is 11.3 Å². The minimum Gasteiger partial charge on any atom is -0.494 e. The Labute approximate surface area is 122 Å². The molecule has 0 radical (unpaired) electrons. The fraction of sp³-hybridized carbons (Fsp3) is 0.625. The molecule has 1 aliphatic rings. The van der Waals surface area contributed by atoms with E-state index < -0.39 is 0 Å². The fourth-order valence-corrected chi connectivity index (χ4v) is 2.26. The second-order valence-corrected chi connectivity index (χ2v) is 5.13. The standard InChI is InChI=1S/C16H26N2O2/c1-2-10-20-16-5-3-4-15(13-16)14-17-6-7-18-8-11-19-12-9-18/h3-5,13,17H,2,6-12,14H2,1H3. The first-order valence-electron chi connectivity index (χ1n) is 7.61. The molecule has 0 atom stereocenters. The van der Waals surface area contributed by atoms with Crippen molar-refractivity contribution in [1.82, 2.24) is 10.2 Å². The Balaban J connectivity index is 1.65. The van der Waals surface area contributed by atoms with Crippen LogP contribution in [0.5, 0.6) is 5.75 Å². The van der Waals surface area contributed by atoms with Crippen LogP contribution in [0.1, 0.15) is 18.9 Å². The second kappa shape index (κ2) is 8.95. The summed E-state index contributed by atoms with van der Waals surface area (Å²) >= 11 is 0. The van der Waals surface area contributed by atoms with Crippen LogP contribution in [0.3, 0.4) is 0 Å². The normalized spacial score (nSPS) is 16.2. The van der Waals surface area contributed by atoms with E-state index in [9.17, 15) is 0 Å². The number of nitrogens with one attached hydrogen (secondary N) is 1. The first kappa shape index (κ1) is 15.3. The van der Waals surface area contributed by atoms with E-state index in [-0.39, 0.29) is 0 Å². The van der Waals surface area contributed by atoms with Crippen LogP contribution < -0.4 is 10.1 Å². The van der Waals surface area contributed by atoms with Crippen LogP contribution in [-0.4, -0.2) is 50.9 Å². The summed E-state index contributed by atoms with van der Waals surface area (Å²) in [7, 11) is 0. The summed E-state index contributed by atoms with van der Waals surface area (Å²) in [6.07, 6.45) is 1.04. The third-order valence-electron chi connectivity index (χ3n) is 3.41. The van der Waals surface area contributed by atoms with Crippen molar-refractivity contribution in [2.75, 3.05) is 46.0 Å². The highest BCUT2D eigenvalue weighted by molar-refractivity contribution is 5.28. The highest BCUT2D eigenvalue weighted by Crippen LogP contribution is 2.13. The van der Waals surface area contributed by atoms with Crippen LogP contribution in [0.2, 0.25) is 0 Å². The van der Waals surface area contributed by atoms with Crippen LogP contribution in [0.25, 0.3) is 0 Å². The average Bonchev–Trinajstić information content (AvgIpc) is 2.51. The third-order valence-corrected chi connectivity index (χ3v) is 3.41. The zero-order valence-corrected chi connectivity index (χ0v) is 12.4. The molecule has 0 unspecified atom stereocenters. The molecule has 4 nitrogen and oxygen atoms in total. The molecule has 1 heterocycles. The van der Waals surface area contributed by atoms with Crippen molar-refractivity contribution in [3.05, 3.63) is 29.8 Å². The molecule has 0 saturated carbocycles. The molecule has 1 N–H and O–H groups in total. The predicted octanol–water partition coefficient (Wildman–Crippen LogP) is 1.90. The van der Waals surface area contributed by atoms with E-state index in [0.717, 1.165) is 64.7 Å². The van der Waals surface area contributed by atoms with Gasteiger partial charge in [0.25, 0.3) is 0 Å². The summed E-state index contributed by atoms with van der Waals surface area (Å²) in [6.45, 7) is 9.77. The predicted molar refractivity (Wildman–Crippen MR) is 81.2 cm³/mol. The summed E-state index contributed by atoms with van der Waals surface area (Å²) in [6, 6.07) is 8.34. The van der Waals surface area contributed by atoms with E-state index in [4.69, 9.17) is 9.47 Å². The van der Waals surface area contributed by atoms with Gasteiger partial charge in [0.15, 0.2) is 0 Å². The molecule has 2 rings (SSSR count). The summed E-state index contributed by atoms with van der Waals surface area (Å²) in [5.41, 5.74) is 1.28. The van der Waals surface area contributed by atoms with Gasteiger partial charge in [-0.15, -0.1) is 0 Å². The van der Waals surface area contributed by atoms with Gasteiger partial charge in [-0.05, 0) is 24.1 Å². The number of hydrogen-bond donors (Lipinski definition) is 1. The average molecular weight is 278 g/mol. The number of rotatable bonds is 8. The molecule has 0 amide bonds. The van der Waals surface area contributed by atoms with Crippen LogP contribution >= 0.6 is 0 Å². The SMILES string of the molecule is CCCOc1cccc(CNCCN2CCOCC2)c1. The van der Waals surface area contributed by atoms with Gasteiger partial charge in [-0.2, -0.15) is 0 Å². The van der Waals surface area contributed by atoms with Crippen molar-refractivity contribution in [3.63, 3.8) is 0 Å². The fourth-order valence-electron chi connectivity index (χ4n) is 2.26. The lowest BCUT2D eigenvalue weighted by atomic mass is 10.2. The van der Waals surface area contributed by atoms with Crippen molar-refractivity contribution < 1.29 is 9.47 Å². The topological polar surface area (TPSA) is 33.7 Å². The van der Waals surface area contributed by atoms with E-state index >= 15 is 0 Å². The lowest BCUT2D eigenvalue weighted by Gasteiger charge is -2.26. The summed E-state index contributed by atoms with van der Waals surface area (Å²) in [5, 5.41) is 3.49. The van der Waals surface area contributed by atoms with Crippen molar-refractivity contribution in [1.29, 1.82) is 0 Å². The number of morpholine rings is 1. The maximum absolute atomic E-state index is 5.65. The van der Waals surface area contributed by atoms with E-state index in [1.54, 1.807) is 0 Å². The second-order valence-electron chi connectivity index (χ2n) is 5.13. The first-order chi connectivity index (χ1) is 9.88. The third kappa shape index (κ3) is 5.49. The van der Waals surface area contributed by atoms with Crippen molar-refractivity contribution in [2.45, 2.75) is 19.9 Å². The molecule has 1 aromatic carbocycles. The number of benzene rings is 1. The van der Waals surface area contributed by atoms with E-state index in [0.29, 0.717) is 0 Å². The van der Waals surface area contributed by atoms with E-state index in [2.05, 4.69) is 35.3 Å². The molecule has 0 spiro atoms. The molecular weight excluding hydrogens is 252 g/mol. The van der Waals surface area contributed by atoms with Crippen LogP contribution in [0.4, 0.5) is 0 Å². The van der Waals surface area contributed by atoms with Crippen molar-refractivity contribution >= 4 is 0 Å². The zero-order valence-electron chi connectivity index (χ0n) is 12.4. The summed E-state index contributed by atoms with van der Waals surface area (Å²) in [5.74, 6) is 0.972. The van der Waals surface area contributed by atoms with Crippen LogP contribution in [0, 0.1) is 0 Å².